The van der Waals surface area contributed by atoms with Crippen molar-refractivity contribution in [2.75, 3.05) is 33.2 Å². The molecule has 1 aromatic carbocycles. The van der Waals surface area contributed by atoms with Crippen LogP contribution in [-0.2, 0) is 0 Å². The van der Waals surface area contributed by atoms with E-state index >= 15 is 0 Å². The summed E-state index contributed by atoms with van der Waals surface area (Å²) in [6.45, 7) is 3.52. The number of nitrogens with zero attached hydrogens (tertiary/aromatic N) is 4. The summed E-state index contributed by atoms with van der Waals surface area (Å²) >= 11 is 0. The zero-order chi connectivity index (χ0) is 16.0. The van der Waals surface area contributed by atoms with Gasteiger partial charge >= 0.3 is 11.8 Å². The van der Waals surface area contributed by atoms with Crippen LogP contribution in [0.25, 0.3) is 11.5 Å². The summed E-state index contributed by atoms with van der Waals surface area (Å²) in [5.74, 6) is -0.339. The molecule has 1 amide bonds. The molecule has 6 nitrogen and oxygen atoms in total. The molecule has 0 saturated carbocycles. The molecule has 0 unspecified atom stereocenters. The number of halogens is 1. The first-order valence-electron chi connectivity index (χ1n) is 7.62. The van der Waals surface area contributed by atoms with Gasteiger partial charge in [-0.2, -0.15) is 0 Å². The lowest BCUT2D eigenvalue weighted by molar-refractivity contribution is 0.0286. The first-order valence-corrected chi connectivity index (χ1v) is 7.62. The summed E-state index contributed by atoms with van der Waals surface area (Å²) in [5.41, 5.74) is 0.834. The Labute approximate surface area is 132 Å². The van der Waals surface area contributed by atoms with Gasteiger partial charge in [-0.25, -0.2) is 4.39 Å². The van der Waals surface area contributed by atoms with Crippen molar-refractivity contribution in [3.8, 4) is 11.5 Å². The fourth-order valence-corrected chi connectivity index (χ4v) is 3.62. The molecule has 23 heavy (non-hydrogen) atoms. The van der Waals surface area contributed by atoms with Crippen LogP contribution in [0, 0.1) is 11.2 Å². The van der Waals surface area contributed by atoms with Crippen molar-refractivity contribution in [2.45, 2.75) is 6.42 Å². The van der Waals surface area contributed by atoms with Crippen LogP contribution in [0.3, 0.4) is 0 Å². The molecule has 0 aliphatic carbocycles. The normalized spacial score (nSPS) is 20.0. The van der Waals surface area contributed by atoms with E-state index in [0.717, 1.165) is 32.6 Å². The third kappa shape index (κ3) is 2.50. The van der Waals surface area contributed by atoms with Crippen molar-refractivity contribution in [3.05, 3.63) is 36.0 Å². The van der Waals surface area contributed by atoms with E-state index in [1.165, 1.54) is 12.1 Å². The quantitative estimate of drug-likeness (QED) is 0.843. The van der Waals surface area contributed by atoms with Gasteiger partial charge in [0.15, 0.2) is 0 Å². The number of amides is 1. The van der Waals surface area contributed by atoms with Crippen LogP contribution in [-0.4, -0.2) is 59.1 Å². The van der Waals surface area contributed by atoms with Crippen molar-refractivity contribution < 1.29 is 13.6 Å². The molecule has 2 fully saturated rings. The molecular formula is C16H17FN4O2. The fraction of sp³-hybridized carbons (Fsp3) is 0.438. The van der Waals surface area contributed by atoms with Gasteiger partial charge in [-0.05, 0) is 37.7 Å². The van der Waals surface area contributed by atoms with Gasteiger partial charge in [0.1, 0.15) is 5.82 Å². The van der Waals surface area contributed by atoms with Crippen LogP contribution in [0.5, 0.6) is 0 Å². The summed E-state index contributed by atoms with van der Waals surface area (Å²) in [5, 5.41) is 7.75. The number of rotatable bonds is 2. The molecule has 0 atom stereocenters. The number of benzene rings is 1. The van der Waals surface area contributed by atoms with Crippen LogP contribution in [0.2, 0.25) is 0 Å². The van der Waals surface area contributed by atoms with Gasteiger partial charge in [-0.15, -0.1) is 10.2 Å². The number of carbonyl (C=O) groups is 1. The maximum Gasteiger partial charge on any atom is 0.311 e. The third-order valence-electron chi connectivity index (χ3n) is 4.64. The molecule has 2 aliphatic rings. The van der Waals surface area contributed by atoms with Crippen LogP contribution in [0.15, 0.2) is 28.7 Å². The van der Waals surface area contributed by atoms with Crippen LogP contribution >= 0.6 is 0 Å². The molecule has 2 aliphatic heterocycles. The second-order valence-corrected chi connectivity index (χ2v) is 6.57. The number of carbonyl (C=O) groups excluding carboxylic acids is 1. The number of likely N-dealkylation sites (tertiary alicyclic amines) is 2. The molecule has 1 spiro atoms. The van der Waals surface area contributed by atoms with E-state index in [9.17, 15) is 9.18 Å². The Kier molecular flexibility index (Phi) is 3.19. The largest absolute Gasteiger partial charge is 0.412 e. The van der Waals surface area contributed by atoms with E-state index in [1.807, 2.05) is 0 Å². The zero-order valence-electron chi connectivity index (χ0n) is 12.8. The Balaban J connectivity index is 1.48. The highest BCUT2D eigenvalue weighted by molar-refractivity contribution is 5.90. The fourth-order valence-electron chi connectivity index (χ4n) is 3.62. The van der Waals surface area contributed by atoms with E-state index < -0.39 is 0 Å². The van der Waals surface area contributed by atoms with Gasteiger partial charge in [-0.1, -0.05) is 0 Å². The molecule has 0 bridgehead atoms. The minimum Gasteiger partial charge on any atom is -0.412 e. The van der Waals surface area contributed by atoms with Gasteiger partial charge in [-0.3, -0.25) is 4.79 Å². The minimum absolute atomic E-state index is 0.00551. The highest BCUT2D eigenvalue weighted by Gasteiger charge is 2.47. The SMILES string of the molecule is CN1CC2(CCN(C(=O)c3nnc(-c4ccc(F)cc4)o3)C2)C1. The molecule has 120 valence electrons. The van der Waals surface area contributed by atoms with E-state index in [0.29, 0.717) is 5.56 Å². The minimum atomic E-state index is -0.336. The molecular weight excluding hydrogens is 299 g/mol. The standard InChI is InChI=1S/C16H17FN4O2/c1-20-8-16(9-20)6-7-21(10-16)15(22)14-19-18-13(23-14)11-2-4-12(17)5-3-11/h2-5H,6-10H2,1H3. The van der Waals surface area contributed by atoms with Gasteiger partial charge < -0.3 is 14.2 Å². The van der Waals surface area contributed by atoms with Crippen molar-refractivity contribution in [1.29, 1.82) is 0 Å². The van der Waals surface area contributed by atoms with E-state index in [4.69, 9.17) is 4.42 Å². The van der Waals surface area contributed by atoms with E-state index in [-0.39, 0.29) is 28.9 Å². The molecule has 0 radical (unpaired) electrons. The zero-order valence-corrected chi connectivity index (χ0v) is 12.8. The number of hydrogen-bond acceptors (Lipinski definition) is 5. The lowest BCUT2D eigenvalue weighted by Crippen LogP contribution is -2.55. The Morgan fingerprint density at radius 2 is 1.96 bits per heavy atom. The first kappa shape index (κ1) is 14.3. The predicted molar refractivity (Wildman–Crippen MR) is 80.1 cm³/mol. The number of hydrogen-bond donors (Lipinski definition) is 0. The Bertz CT molecular complexity index is 737. The van der Waals surface area contributed by atoms with E-state index in [2.05, 4.69) is 22.1 Å². The summed E-state index contributed by atoms with van der Waals surface area (Å²) in [7, 11) is 2.09. The molecule has 0 N–H and O–H groups in total. The third-order valence-corrected chi connectivity index (χ3v) is 4.64. The van der Waals surface area contributed by atoms with Crippen LogP contribution < -0.4 is 0 Å². The van der Waals surface area contributed by atoms with Gasteiger partial charge in [0, 0.05) is 37.2 Å². The Morgan fingerprint density at radius 1 is 1.22 bits per heavy atom. The first-order chi connectivity index (χ1) is 11.0. The molecule has 2 aromatic rings. The molecule has 3 heterocycles. The van der Waals surface area contributed by atoms with Gasteiger partial charge in [0.25, 0.3) is 0 Å². The maximum atomic E-state index is 12.9. The summed E-state index contributed by atoms with van der Waals surface area (Å²) in [6.07, 6.45) is 1.02. The molecule has 1 aromatic heterocycles. The topological polar surface area (TPSA) is 62.5 Å². The summed E-state index contributed by atoms with van der Waals surface area (Å²) < 4.78 is 18.4. The number of aromatic nitrogens is 2. The molecule has 4 rings (SSSR count). The van der Waals surface area contributed by atoms with Crippen molar-refractivity contribution in [3.63, 3.8) is 0 Å². The van der Waals surface area contributed by atoms with Crippen LogP contribution in [0.4, 0.5) is 4.39 Å². The average molecular weight is 316 g/mol. The monoisotopic (exact) mass is 316 g/mol. The Morgan fingerprint density at radius 3 is 2.65 bits per heavy atom. The van der Waals surface area contributed by atoms with Crippen molar-refractivity contribution >= 4 is 5.91 Å². The summed E-state index contributed by atoms with van der Waals surface area (Å²) in [6, 6.07) is 5.73. The highest BCUT2D eigenvalue weighted by atomic mass is 19.1. The average Bonchev–Trinajstić information content (AvgIpc) is 3.14. The second kappa shape index (κ2) is 5.13. The highest BCUT2D eigenvalue weighted by Crippen LogP contribution is 2.38. The molecule has 7 heteroatoms. The van der Waals surface area contributed by atoms with Crippen molar-refractivity contribution in [1.82, 2.24) is 20.0 Å². The maximum absolute atomic E-state index is 12.9. The van der Waals surface area contributed by atoms with Crippen LogP contribution in [0.1, 0.15) is 17.1 Å². The lowest BCUT2D eigenvalue weighted by atomic mass is 9.79. The lowest BCUT2D eigenvalue weighted by Gasteiger charge is -2.45. The summed E-state index contributed by atoms with van der Waals surface area (Å²) in [4.78, 5) is 16.6. The molecule has 2 saturated heterocycles. The van der Waals surface area contributed by atoms with Crippen molar-refractivity contribution in [2.24, 2.45) is 5.41 Å². The second-order valence-electron chi connectivity index (χ2n) is 6.57. The predicted octanol–water partition coefficient (Wildman–Crippen LogP) is 1.65. The van der Waals surface area contributed by atoms with Gasteiger partial charge in [0.05, 0.1) is 0 Å². The van der Waals surface area contributed by atoms with Gasteiger partial charge in [0.2, 0.25) is 5.89 Å². The van der Waals surface area contributed by atoms with E-state index in [1.54, 1.807) is 17.0 Å². The Hall–Kier alpha value is -2.28. The smallest absolute Gasteiger partial charge is 0.311 e.